The first-order valence-electron chi connectivity index (χ1n) is 5.68. The van der Waals surface area contributed by atoms with Crippen LogP contribution in [0, 0.1) is 5.92 Å². The molecule has 1 fully saturated rings. The van der Waals surface area contributed by atoms with Gasteiger partial charge in [-0.3, -0.25) is 4.79 Å². The second-order valence-electron chi connectivity index (χ2n) is 4.53. The van der Waals surface area contributed by atoms with Crippen LogP contribution in [0.1, 0.15) is 29.3 Å². The van der Waals surface area contributed by atoms with Gasteiger partial charge in [0.15, 0.2) is 0 Å². The van der Waals surface area contributed by atoms with Gasteiger partial charge in [0.1, 0.15) is 0 Å². The Labute approximate surface area is 99.6 Å². The van der Waals surface area contributed by atoms with Crippen LogP contribution in [-0.2, 0) is 11.2 Å². The van der Waals surface area contributed by atoms with Crippen LogP contribution in [0.2, 0.25) is 0 Å². The molecule has 2 unspecified atom stereocenters. The number of carbonyl (C=O) groups is 2. The minimum Gasteiger partial charge on any atom is -0.478 e. The van der Waals surface area contributed by atoms with Crippen LogP contribution < -0.4 is 5.32 Å². The Balaban J connectivity index is 2.02. The fourth-order valence-electron chi connectivity index (χ4n) is 1.84. The topological polar surface area (TPSA) is 66.4 Å². The number of amides is 1. The summed E-state index contributed by atoms with van der Waals surface area (Å²) < 4.78 is 0. The van der Waals surface area contributed by atoms with Gasteiger partial charge < -0.3 is 10.4 Å². The average molecular weight is 233 g/mol. The molecular formula is C13H15NO3. The van der Waals surface area contributed by atoms with Gasteiger partial charge in [-0.25, -0.2) is 4.79 Å². The number of carbonyl (C=O) groups excluding carboxylic acids is 1. The van der Waals surface area contributed by atoms with E-state index in [0.717, 1.165) is 6.42 Å². The molecule has 1 amide bonds. The Hall–Kier alpha value is -1.84. The highest BCUT2D eigenvalue weighted by Crippen LogP contribution is 2.28. The van der Waals surface area contributed by atoms with E-state index in [4.69, 9.17) is 5.11 Å². The first-order valence-corrected chi connectivity index (χ1v) is 5.68. The molecule has 17 heavy (non-hydrogen) atoms. The molecule has 4 heteroatoms. The van der Waals surface area contributed by atoms with Gasteiger partial charge in [0, 0.05) is 6.04 Å². The van der Waals surface area contributed by atoms with E-state index >= 15 is 0 Å². The Morgan fingerprint density at radius 3 is 2.65 bits per heavy atom. The third-order valence-electron chi connectivity index (χ3n) is 3.05. The third-order valence-corrected chi connectivity index (χ3v) is 3.05. The van der Waals surface area contributed by atoms with Crippen molar-refractivity contribution in [3.8, 4) is 0 Å². The number of rotatable bonds is 4. The maximum atomic E-state index is 11.7. The molecule has 0 aliphatic heterocycles. The van der Waals surface area contributed by atoms with Crippen molar-refractivity contribution >= 4 is 11.9 Å². The zero-order chi connectivity index (χ0) is 12.4. The summed E-state index contributed by atoms with van der Waals surface area (Å²) in [5, 5.41) is 11.9. The molecule has 1 aliphatic carbocycles. The first-order chi connectivity index (χ1) is 8.08. The number of benzene rings is 1. The van der Waals surface area contributed by atoms with E-state index in [9.17, 15) is 9.59 Å². The van der Waals surface area contributed by atoms with E-state index in [1.807, 2.05) is 0 Å². The summed E-state index contributed by atoms with van der Waals surface area (Å²) in [6, 6.07) is 6.88. The minimum absolute atomic E-state index is 0.104. The van der Waals surface area contributed by atoms with Crippen LogP contribution in [0.15, 0.2) is 24.3 Å². The number of aromatic carboxylic acids is 1. The number of hydrogen-bond acceptors (Lipinski definition) is 2. The molecule has 0 radical (unpaired) electrons. The number of carboxylic acid groups (broad SMARTS) is 1. The monoisotopic (exact) mass is 233 g/mol. The Bertz CT molecular complexity index is 456. The highest BCUT2D eigenvalue weighted by molar-refractivity contribution is 5.91. The van der Waals surface area contributed by atoms with Gasteiger partial charge in [-0.2, -0.15) is 0 Å². The molecule has 90 valence electrons. The molecule has 2 atom stereocenters. The molecule has 4 nitrogen and oxygen atoms in total. The number of hydrogen-bond donors (Lipinski definition) is 2. The second kappa shape index (κ2) is 4.57. The Kier molecular flexibility index (Phi) is 3.13. The van der Waals surface area contributed by atoms with Gasteiger partial charge >= 0.3 is 5.97 Å². The summed E-state index contributed by atoms with van der Waals surface area (Å²) in [5.74, 6) is -0.546. The van der Waals surface area contributed by atoms with Gasteiger partial charge in [-0.1, -0.05) is 25.1 Å². The molecule has 0 saturated heterocycles. The molecule has 1 aromatic carbocycles. The molecule has 1 aromatic rings. The molecule has 2 rings (SSSR count). The lowest BCUT2D eigenvalue weighted by atomic mass is 10.0. The van der Waals surface area contributed by atoms with Crippen molar-refractivity contribution in [3.63, 3.8) is 0 Å². The van der Waals surface area contributed by atoms with E-state index in [-0.39, 0.29) is 23.9 Å². The molecule has 0 bridgehead atoms. The van der Waals surface area contributed by atoms with Crippen molar-refractivity contribution < 1.29 is 14.7 Å². The molecular weight excluding hydrogens is 218 g/mol. The number of nitrogens with one attached hydrogen (secondary N) is 1. The van der Waals surface area contributed by atoms with Crippen LogP contribution in [0.3, 0.4) is 0 Å². The summed E-state index contributed by atoms with van der Waals surface area (Å²) in [6.07, 6.45) is 1.15. The second-order valence-corrected chi connectivity index (χ2v) is 4.53. The van der Waals surface area contributed by atoms with Gasteiger partial charge in [0.25, 0.3) is 0 Å². The fourth-order valence-corrected chi connectivity index (χ4v) is 1.84. The van der Waals surface area contributed by atoms with Crippen molar-refractivity contribution in [1.29, 1.82) is 0 Å². The van der Waals surface area contributed by atoms with E-state index in [0.29, 0.717) is 11.5 Å². The van der Waals surface area contributed by atoms with Crippen LogP contribution in [-0.4, -0.2) is 23.0 Å². The van der Waals surface area contributed by atoms with Gasteiger partial charge in [0.2, 0.25) is 5.91 Å². The van der Waals surface area contributed by atoms with Crippen LogP contribution in [0.5, 0.6) is 0 Å². The van der Waals surface area contributed by atoms with Crippen LogP contribution in [0.25, 0.3) is 0 Å². The van der Waals surface area contributed by atoms with Crippen molar-refractivity contribution in [2.75, 3.05) is 0 Å². The molecule has 0 aromatic heterocycles. The lowest BCUT2D eigenvalue weighted by Crippen LogP contribution is -2.28. The third kappa shape index (κ3) is 2.84. The van der Waals surface area contributed by atoms with Crippen molar-refractivity contribution in [3.05, 3.63) is 35.4 Å². The van der Waals surface area contributed by atoms with Crippen molar-refractivity contribution in [1.82, 2.24) is 5.32 Å². The summed E-state index contributed by atoms with van der Waals surface area (Å²) in [5.41, 5.74) is 0.761. The normalized spacial score (nSPS) is 21.9. The smallest absolute Gasteiger partial charge is 0.335 e. The molecule has 2 N–H and O–H groups in total. The van der Waals surface area contributed by atoms with Gasteiger partial charge in [-0.15, -0.1) is 0 Å². The van der Waals surface area contributed by atoms with E-state index < -0.39 is 5.97 Å². The van der Waals surface area contributed by atoms with Crippen molar-refractivity contribution in [2.45, 2.75) is 25.8 Å². The van der Waals surface area contributed by atoms with Gasteiger partial charge in [-0.05, 0) is 24.0 Å². The molecule has 0 heterocycles. The summed E-state index contributed by atoms with van der Waals surface area (Å²) in [6.45, 7) is 2.08. The minimum atomic E-state index is -0.992. The van der Waals surface area contributed by atoms with E-state index in [1.165, 1.54) is 6.07 Å². The maximum absolute atomic E-state index is 11.7. The molecule has 1 saturated carbocycles. The summed E-state index contributed by atoms with van der Waals surface area (Å²) in [7, 11) is 0. The number of carboxylic acids is 1. The Morgan fingerprint density at radius 1 is 1.41 bits per heavy atom. The quantitative estimate of drug-likeness (QED) is 0.827. The summed E-state index contributed by atoms with van der Waals surface area (Å²) >= 11 is 0. The first kappa shape index (κ1) is 11.6. The zero-order valence-corrected chi connectivity index (χ0v) is 9.64. The predicted molar refractivity (Wildman–Crippen MR) is 62.8 cm³/mol. The van der Waals surface area contributed by atoms with Crippen molar-refractivity contribution in [2.24, 2.45) is 5.92 Å². The van der Waals surface area contributed by atoms with E-state index in [2.05, 4.69) is 12.2 Å². The lowest BCUT2D eigenvalue weighted by molar-refractivity contribution is -0.120. The standard InChI is InChI=1S/C13H15NO3/c1-8-6-11(8)14-12(15)7-9-4-2-3-5-10(9)13(16)17/h2-5,8,11H,6-7H2,1H3,(H,14,15)(H,16,17). The lowest BCUT2D eigenvalue weighted by Gasteiger charge is -2.06. The van der Waals surface area contributed by atoms with Crippen LogP contribution >= 0.6 is 0 Å². The zero-order valence-electron chi connectivity index (χ0n) is 9.64. The maximum Gasteiger partial charge on any atom is 0.335 e. The largest absolute Gasteiger partial charge is 0.478 e. The van der Waals surface area contributed by atoms with E-state index in [1.54, 1.807) is 18.2 Å². The predicted octanol–water partition coefficient (Wildman–Crippen LogP) is 1.45. The van der Waals surface area contributed by atoms with Crippen LogP contribution in [0.4, 0.5) is 0 Å². The SMILES string of the molecule is CC1CC1NC(=O)Cc1ccccc1C(=O)O. The highest BCUT2D eigenvalue weighted by Gasteiger charge is 2.33. The highest BCUT2D eigenvalue weighted by atomic mass is 16.4. The fraction of sp³-hybridized carbons (Fsp3) is 0.385. The molecule has 0 spiro atoms. The molecule has 1 aliphatic rings. The summed E-state index contributed by atoms with van der Waals surface area (Å²) in [4.78, 5) is 22.6. The average Bonchev–Trinajstić information content (AvgIpc) is 2.94. The Morgan fingerprint density at radius 2 is 2.06 bits per heavy atom. The van der Waals surface area contributed by atoms with Gasteiger partial charge in [0.05, 0.1) is 12.0 Å².